The van der Waals surface area contributed by atoms with Gasteiger partial charge in [-0.05, 0) is 54.3 Å². The van der Waals surface area contributed by atoms with E-state index in [4.69, 9.17) is 10.5 Å². The van der Waals surface area contributed by atoms with Crippen molar-refractivity contribution in [1.82, 2.24) is 24.6 Å². The second-order valence-electron chi connectivity index (χ2n) is 7.97. The molecule has 4 N–H and O–H groups in total. The molecule has 5 rings (SSSR count). The van der Waals surface area contributed by atoms with Crippen LogP contribution in [0.1, 0.15) is 16.8 Å². The van der Waals surface area contributed by atoms with E-state index in [2.05, 4.69) is 25.3 Å². The third-order valence-electron chi connectivity index (χ3n) is 5.63. The highest BCUT2D eigenvalue weighted by Crippen LogP contribution is 2.21. The highest BCUT2D eigenvalue weighted by Gasteiger charge is 2.21. The number of nitrogens with zero attached hydrogens (tertiary/aromatic N) is 4. The lowest BCUT2D eigenvalue weighted by atomic mass is 10.1. The summed E-state index contributed by atoms with van der Waals surface area (Å²) in [5.74, 6) is 0.548. The molecule has 3 heterocycles. The summed E-state index contributed by atoms with van der Waals surface area (Å²) in [6.07, 6.45) is 1.69. The average molecular weight is 449 g/mol. The lowest BCUT2D eigenvalue weighted by Gasteiger charge is -2.15. The lowest BCUT2D eigenvalue weighted by Crippen LogP contribution is -2.26. The number of aromatic amines is 1. The molecule has 4 aromatic rings. The van der Waals surface area contributed by atoms with Crippen molar-refractivity contribution in [3.63, 3.8) is 0 Å². The molecule has 33 heavy (non-hydrogen) atoms. The van der Waals surface area contributed by atoms with Crippen molar-refractivity contribution in [2.75, 3.05) is 37.3 Å². The van der Waals surface area contributed by atoms with Gasteiger partial charge in [-0.2, -0.15) is 9.67 Å². The highest BCUT2D eigenvalue weighted by molar-refractivity contribution is 6.00. The molecule has 1 fully saturated rings. The van der Waals surface area contributed by atoms with Crippen LogP contribution in [0.3, 0.4) is 0 Å². The molecule has 1 atom stereocenters. The predicted octanol–water partition coefficient (Wildman–Crippen LogP) is 3.20. The molecule has 0 bridgehead atoms. The van der Waals surface area contributed by atoms with Crippen LogP contribution in [0.5, 0.6) is 5.75 Å². The third-order valence-corrected chi connectivity index (χ3v) is 5.63. The summed E-state index contributed by atoms with van der Waals surface area (Å²) in [5.41, 5.74) is 7.96. The first-order chi connectivity index (χ1) is 16.0. The summed E-state index contributed by atoms with van der Waals surface area (Å²) < 4.78 is 20.0. The zero-order valence-corrected chi connectivity index (χ0v) is 17.9. The Morgan fingerprint density at radius 3 is 2.88 bits per heavy atom. The fourth-order valence-electron chi connectivity index (χ4n) is 3.87. The predicted molar refractivity (Wildman–Crippen MR) is 124 cm³/mol. The highest BCUT2D eigenvalue weighted by atomic mass is 19.1. The van der Waals surface area contributed by atoms with Gasteiger partial charge in [-0.3, -0.25) is 9.69 Å². The topological polar surface area (TPSA) is 114 Å². The van der Waals surface area contributed by atoms with Crippen molar-refractivity contribution >= 4 is 34.4 Å². The van der Waals surface area contributed by atoms with Gasteiger partial charge >= 0.3 is 0 Å². The number of fused-ring (bicyclic) bond motifs is 1. The maximum atomic E-state index is 13.2. The Hall–Kier alpha value is -3.92. The maximum absolute atomic E-state index is 13.2. The summed E-state index contributed by atoms with van der Waals surface area (Å²) in [7, 11) is 0. The summed E-state index contributed by atoms with van der Waals surface area (Å²) in [6.45, 7) is 2.46. The average Bonchev–Trinajstić information content (AvgIpc) is 3.54. The van der Waals surface area contributed by atoms with Crippen molar-refractivity contribution in [1.29, 1.82) is 0 Å². The fourth-order valence-corrected chi connectivity index (χ4v) is 3.87. The number of likely N-dealkylation sites (tertiary alicyclic amines) is 1. The van der Waals surface area contributed by atoms with E-state index in [0.717, 1.165) is 27.8 Å². The summed E-state index contributed by atoms with van der Waals surface area (Å²) in [6, 6.07) is 14.6. The van der Waals surface area contributed by atoms with E-state index in [-0.39, 0.29) is 17.8 Å². The first kappa shape index (κ1) is 21.0. The molecule has 0 aliphatic carbocycles. The number of anilines is 3. The quantitative estimate of drug-likeness (QED) is 0.397. The largest absolute Gasteiger partial charge is 0.492 e. The molecular formula is C23H24FN7O2. The van der Waals surface area contributed by atoms with E-state index in [1.165, 1.54) is 0 Å². The van der Waals surface area contributed by atoms with Crippen LogP contribution in [-0.4, -0.2) is 63.0 Å². The smallest absolute Gasteiger partial charge is 0.281 e. The third kappa shape index (κ3) is 4.65. The fraction of sp³-hybridized carbons (Fsp3) is 0.261. The second-order valence-corrected chi connectivity index (χ2v) is 7.97. The zero-order valence-electron chi connectivity index (χ0n) is 17.9. The van der Waals surface area contributed by atoms with Crippen LogP contribution >= 0.6 is 0 Å². The van der Waals surface area contributed by atoms with Gasteiger partial charge in [-0.15, -0.1) is 5.10 Å². The van der Waals surface area contributed by atoms with Gasteiger partial charge in [0.2, 0.25) is 11.9 Å². The molecule has 1 aliphatic heterocycles. The maximum Gasteiger partial charge on any atom is 0.281 e. The number of benzene rings is 2. The van der Waals surface area contributed by atoms with E-state index in [1.54, 1.807) is 12.1 Å². The monoisotopic (exact) mass is 449 g/mol. The number of alkyl halides is 1. The van der Waals surface area contributed by atoms with E-state index in [1.807, 2.05) is 42.6 Å². The number of rotatable bonds is 7. The van der Waals surface area contributed by atoms with Gasteiger partial charge in [0.1, 0.15) is 18.5 Å². The van der Waals surface area contributed by atoms with E-state index < -0.39 is 6.17 Å². The summed E-state index contributed by atoms with van der Waals surface area (Å²) in [5, 5.41) is 8.27. The van der Waals surface area contributed by atoms with Crippen molar-refractivity contribution in [3.8, 4) is 5.75 Å². The Kier molecular flexibility index (Phi) is 5.66. The summed E-state index contributed by atoms with van der Waals surface area (Å²) in [4.78, 5) is 22.1. The first-order valence-electron chi connectivity index (χ1n) is 10.8. The van der Waals surface area contributed by atoms with Crippen LogP contribution in [-0.2, 0) is 0 Å². The Morgan fingerprint density at radius 2 is 2.09 bits per heavy atom. The number of nitrogen functional groups attached to an aromatic ring is 1. The molecule has 9 nitrogen and oxygen atoms in total. The number of carbonyl (C=O) groups is 1. The van der Waals surface area contributed by atoms with Crippen LogP contribution in [0.25, 0.3) is 10.9 Å². The van der Waals surface area contributed by atoms with Crippen molar-refractivity contribution in [3.05, 3.63) is 60.3 Å². The molecule has 170 valence electrons. The minimum atomic E-state index is -0.723. The van der Waals surface area contributed by atoms with Crippen molar-refractivity contribution < 1.29 is 13.9 Å². The van der Waals surface area contributed by atoms with E-state index >= 15 is 0 Å². The van der Waals surface area contributed by atoms with Crippen LogP contribution < -0.4 is 15.8 Å². The molecule has 1 aliphatic rings. The number of aromatic nitrogens is 4. The lowest BCUT2D eigenvalue weighted by molar-refractivity contribution is 0.0948. The Labute approximate surface area is 189 Å². The van der Waals surface area contributed by atoms with Crippen LogP contribution in [0.4, 0.5) is 22.0 Å². The van der Waals surface area contributed by atoms with Gasteiger partial charge < -0.3 is 20.8 Å². The molecule has 0 radical (unpaired) electrons. The van der Waals surface area contributed by atoms with Gasteiger partial charge in [-0.1, -0.05) is 6.07 Å². The minimum absolute atomic E-state index is 0.00790. The molecule has 0 spiro atoms. The number of nitrogens with one attached hydrogen (secondary N) is 2. The number of hydrogen-bond donors (Lipinski definition) is 3. The molecule has 1 saturated heterocycles. The Morgan fingerprint density at radius 1 is 1.24 bits per heavy atom. The molecule has 2 aromatic carbocycles. The van der Waals surface area contributed by atoms with Gasteiger partial charge in [0.05, 0.1) is 0 Å². The number of halogens is 1. The van der Waals surface area contributed by atoms with Crippen molar-refractivity contribution in [2.24, 2.45) is 0 Å². The van der Waals surface area contributed by atoms with Gasteiger partial charge in [0.25, 0.3) is 5.91 Å². The van der Waals surface area contributed by atoms with Gasteiger partial charge in [0.15, 0.2) is 0 Å². The number of ether oxygens (including phenoxy) is 1. The number of nitrogens with two attached hydrogens (primary N) is 1. The van der Waals surface area contributed by atoms with Gasteiger partial charge in [0, 0.05) is 42.6 Å². The van der Waals surface area contributed by atoms with Crippen molar-refractivity contribution in [2.45, 2.75) is 12.6 Å². The summed E-state index contributed by atoms with van der Waals surface area (Å²) >= 11 is 0. The second kappa shape index (κ2) is 8.91. The van der Waals surface area contributed by atoms with Crippen LogP contribution in [0.2, 0.25) is 0 Å². The SMILES string of the molecule is Nc1nc(Nc2ccc(OCCN3CCC(F)C3)cc2)nn1C(=O)c1ccc2cc[nH]c2c1. The molecule has 0 amide bonds. The minimum Gasteiger partial charge on any atom is -0.492 e. The number of hydrogen-bond acceptors (Lipinski definition) is 7. The van der Waals surface area contributed by atoms with E-state index in [9.17, 15) is 9.18 Å². The molecule has 10 heteroatoms. The molecule has 1 unspecified atom stereocenters. The molecule has 0 saturated carbocycles. The normalized spacial score (nSPS) is 16.3. The Bertz CT molecular complexity index is 1270. The number of H-pyrrole nitrogens is 1. The molecular weight excluding hydrogens is 425 g/mol. The first-order valence-corrected chi connectivity index (χ1v) is 10.8. The number of carbonyl (C=O) groups excluding carboxylic acids is 1. The standard InChI is InChI=1S/C23H24FN7O2/c24-17-8-10-30(14-17)11-12-33-19-5-3-18(4-6-19)27-23-28-22(25)31(29-23)21(32)16-2-1-15-7-9-26-20(15)13-16/h1-7,9,13,17,26H,8,10-12,14H2,(H3,25,27,28,29). The van der Waals surface area contributed by atoms with Crippen LogP contribution in [0.15, 0.2) is 54.7 Å². The zero-order chi connectivity index (χ0) is 22.8. The van der Waals surface area contributed by atoms with E-state index in [0.29, 0.717) is 37.4 Å². The van der Waals surface area contributed by atoms with Crippen LogP contribution in [0, 0.1) is 0 Å². The molecule has 2 aromatic heterocycles. The Balaban J connectivity index is 1.20. The van der Waals surface area contributed by atoms with Gasteiger partial charge in [-0.25, -0.2) is 4.39 Å².